The van der Waals surface area contributed by atoms with Crippen LogP contribution in [0.3, 0.4) is 0 Å². The van der Waals surface area contributed by atoms with Crippen molar-refractivity contribution < 1.29 is 8.78 Å². The van der Waals surface area contributed by atoms with Gasteiger partial charge >= 0.3 is 0 Å². The number of rotatable bonds is 6. The monoisotopic (exact) mass is 473 g/mol. The van der Waals surface area contributed by atoms with Crippen molar-refractivity contribution in [1.82, 2.24) is 5.32 Å². The summed E-state index contributed by atoms with van der Waals surface area (Å²) in [4.78, 5) is 0. The Morgan fingerprint density at radius 3 is 2.00 bits per heavy atom. The molecule has 0 radical (unpaired) electrons. The maximum absolute atomic E-state index is 15.2. The zero-order valence-electron chi connectivity index (χ0n) is 20.2. The Kier molecular flexibility index (Phi) is 9.03. The van der Waals surface area contributed by atoms with Crippen LogP contribution in [0, 0.1) is 35.5 Å². The first-order chi connectivity index (χ1) is 16.0. The first-order valence-electron chi connectivity index (χ1n) is 13.4. The average Bonchev–Trinajstić information content (AvgIpc) is 2.85. The van der Waals surface area contributed by atoms with E-state index < -0.39 is 11.7 Å². The van der Waals surface area contributed by atoms with Gasteiger partial charge in [0.05, 0.1) is 0 Å². The molecule has 33 heavy (non-hydrogen) atoms. The molecule has 0 heterocycles. The van der Waals surface area contributed by atoms with E-state index in [0.29, 0.717) is 24.0 Å². The lowest BCUT2D eigenvalue weighted by Crippen LogP contribution is -2.30. The van der Waals surface area contributed by atoms with Crippen LogP contribution in [0.4, 0.5) is 8.78 Å². The van der Waals surface area contributed by atoms with E-state index in [1.54, 1.807) is 12.2 Å². The number of hydrogen-bond acceptors (Lipinski definition) is 2. The second-order valence-corrected chi connectivity index (χ2v) is 11.5. The number of halogens is 2. The standard InChI is InChI=1S/C29H41F2NS/c1-20-6-12-23(13-7-20)24-14-8-21(9-15-24)18-32-27-5-3-2-4-26(28(30)29(27)31)25-16-10-22(19-33)11-17-25/h2-3,20-25,32-33H,6-19H2,1H3/b29-28-. The molecule has 0 unspecified atom stereocenters. The fraction of sp³-hybridized carbons (Fsp3) is 0.724. The largest absolute Gasteiger partial charge is 0.376 e. The summed E-state index contributed by atoms with van der Waals surface area (Å²) < 4.78 is 30.4. The van der Waals surface area contributed by atoms with E-state index in [1.165, 1.54) is 51.4 Å². The Morgan fingerprint density at radius 1 is 0.788 bits per heavy atom. The molecule has 4 aliphatic carbocycles. The van der Waals surface area contributed by atoms with Crippen molar-refractivity contribution in [2.24, 2.45) is 35.5 Å². The van der Waals surface area contributed by atoms with Crippen LogP contribution in [0.2, 0.25) is 0 Å². The second kappa shape index (κ2) is 12.0. The van der Waals surface area contributed by atoms with Crippen molar-refractivity contribution in [2.45, 2.75) is 84.0 Å². The van der Waals surface area contributed by atoms with Gasteiger partial charge < -0.3 is 5.32 Å². The van der Waals surface area contributed by atoms with E-state index >= 15 is 8.78 Å². The lowest BCUT2D eigenvalue weighted by atomic mass is 9.69. The molecule has 0 aromatic heterocycles. The Hall–Kier alpha value is -1.21. The summed E-state index contributed by atoms with van der Waals surface area (Å²) >= 11 is 4.40. The van der Waals surface area contributed by atoms with Crippen molar-refractivity contribution in [3.8, 4) is 0 Å². The maximum Gasteiger partial charge on any atom is 0.190 e. The highest BCUT2D eigenvalue weighted by atomic mass is 32.1. The third kappa shape index (κ3) is 6.47. The molecule has 0 spiro atoms. The quantitative estimate of drug-likeness (QED) is 0.292. The molecule has 0 amide bonds. The predicted octanol–water partition coefficient (Wildman–Crippen LogP) is 8.23. The zero-order valence-corrected chi connectivity index (χ0v) is 21.1. The van der Waals surface area contributed by atoms with Crippen LogP contribution in [0.5, 0.6) is 0 Å². The van der Waals surface area contributed by atoms with Crippen LogP contribution in [-0.4, -0.2) is 12.3 Å². The molecule has 1 nitrogen and oxygen atoms in total. The third-order valence-corrected chi connectivity index (χ3v) is 9.41. The summed E-state index contributed by atoms with van der Waals surface area (Å²) in [6.45, 7) is 3.08. The number of allylic oxidation sites excluding steroid dienone is 3. The summed E-state index contributed by atoms with van der Waals surface area (Å²) in [6, 6.07) is 0. The lowest BCUT2D eigenvalue weighted by Gasteiger charge is -2.37. The first kappa shape index (κ1) is 24.9. The molecule has 0 aliphatic heterocycles. The van der Waals surface area contributed by atoms with Crippen molar-refractivity contribution in [2.75, 3.05) is 12.3 Å². The summed E-state index contributed by atoms with van der Waals surface area (Å²) in [7, 11) is 0. The third-order valence-electron chi connectivity index (χ3n) is 8.90. The Balaban J connectivity index is 1.30. The molecular formula is C29H41F2NS. The van der Waals surface area contributed by atoms with Gasteiger partial charge in [-0.3, -0.25) is 0 Å². The van der Waals surface area contributed by atoms with Gasteiger partial charge in [0, 0.05) is 12.1 Å². The molecule has 4 rings (SSSR count). The molecule has 3 saturated carbocycles. The van der Waals surface area contributed by atoms with Crippen LogP contribution in [0.25, 0.3) is 0 Å². The number of thiol groups is 1. The first-order valence-corrected chi connectivity index (χ1v) is 14.0. The SMILES string of the molecule is CC1CCC(C2CCC(CNC3=C=CC=C=C(C4CCC(CS)CC4)/C(F)=C\3F)CC2)CC1. The minimum absolute atomic E-state index is 0.0361. The van der Waals surface area contributed by atoms with Gasteiger partial charge in [-0.25, -0.2) is 8.78 Å². The average molecular weight is 474 g/mol. The minimum atomic E-state index is -0.803. The second-order valence-electron chi connectivity index (χ2n) is 11.1. The van der Waals surface area contributed by atoms with Gasteiger partial charge in [-0.15, -0.1) is 5.73 Å². The minimum Gasteiger partial charge on any atom is -0.376 e. The Labute approximate surface area is 205 Å². The highest BCUT2D eigenvalue weighted by molar-refractivity contribution is 7.80. The van der Waals surface area contributed by atoms with Gasteiger partial charge in [0.2, 0.25) is 0 Å². The molecule has 0 bridgehead atoms. The van der Waals surface area contributed by atoms with Crippen molar-refractivity contribution >= 4 is 12.6 Å². The lowest BCUT2D eigenvalue weighted by molar-refractivity contribution is 0.150. The van der Waals surface area contributed by atoms with Gasteiger partial charge in [0.15, 0.2) is 11.7 Å². The van der Waals surface area contributed by atoms with E-state index in [1.807, 2.05) is 0 Å². The van der Waals surface area contributed by atoms with Gasteiger partial charge in [0.1, 0.15) is 5.70 Å². The molecule has 0 aromatic rings. The molecule has 1 N–H and O–H groups in total. The van der Waals surface area contributed by atoms with Gasteiger partial charge in [-0.1, -0.05) is 25.5 Å². The molecule has 0 aromatic carbocycles. The smallest absolute Gasteiger partial charge is 0.190 e. The summed E-state index contributed by atoms with van der Waals surface area (Å²) in [5.41, 5.74) is 6.48. The van der Waals surface area contributed by atoms with Crippen molar-refractivity contribution in [1.29, 1.82) is 0 Å². The Morgan fingerprint density at radius 2 is 1.36 bits per heavy atom. The van der Waals surface area contributed by atoms with Crippen LogP contribution >= 0.6 is 12.6 Å². The molecule has 0 saturated heterocycles. The number of nitrogens with one attached hydrogen (secondary N) is 1. The fourth-order valence-electron chi connectivity index (χ4n) is 6.54. The zero-order chi connectivity index (χ0) is 23.2. The van der Waals surface area contributed by atoms with E-state index in [0.717, 1.165) is 49.2 Å². The van der Waals surface area contributed by atoms with Crippen molar-refractivity contribution in [3.63, 3.8) is 0 Å². The molecular weight excluding hydrogens is 432 g/mol. The highest BCUT2D eigenvalue weighted by Gasteiger charge is 2.31. The van der Waals surface area contributed by atoms with Crippen LogP contribution < -0.4 is 5.32 Å². The van der Waals surface area contributed by atoms with Crippen LogP contribution in [0.15, 0.2) is 46.5 Å². The van der Waals surface area contributed by atoms with Crippen LogP contribution in [-0.2, 0) is 0 Å². The topological polar surface area (TPSA) is 12.0 Å². The molecule has 4 aliphatic rings. The molecule has 0 atom stereocenters. The van der Waals surface area contributed by atoms with E-state index in [-0.39, 0.29) is 11.6 Å². The normalized spacial score (nSPS) is 37.7. The Bertz CT molecular complexity index is 822. The summed E-state index contributed by atoms with van der Waals surface area (Å²) in [6.07, 6.45) is 17.7. The molecule has 3 fully saturated rings. The van der Waals surface area contributed by atoms with E-state index in [2.05, 4.69) is 36.3 Å². The summed E-state index contributed by atoms with van der Waals surface area (Å²) in [5, 5.41) is 3.21. The van der Waals surface area contributed by atoms with Gasteiger partial charge in [-0.05, 0) is 118 Å². The molecule has 4 heteroatoms. The van der Waals surface area contributed by atoms with Gasteiger partial charge in [0.25, 0.3) is 0 Å². The summed E-state index contributed by atoms with van der Waals surface area (Å²) in [5.74, 6) is 3.17. The highest BCUT2D eigenvalue weighted by Crippen LogP contribution is 2.41. The maximum atomic E-state index is 15.2. The van der Waals surface area contributed by atoms with Crippen LogP contribution in [0.1, 0.15) is 84.0 Å². The number of hydrogen-bond donors (Lipinski definition) is 2. The van der Waals surface area contributed by atoms with Crippen molar-refractivity contribution in [3.05, 3.63) is 46.5 Å². The molecule has 182 valence electrons. The predicted molar refractivity (Wildman–Crippen MR) is 136 cm³/mol. The van der Waals surface area contributed by atoms with E-state index in [4.69, 9.17) is 0 Å². The van der Waals surface area contributed by atoms with E-state index in [9.17, 15) is 0 Å². The fourth-order valence-corrected chi connectivity index (χ4v) is 6.90. The van der Waals surface area contributed by atoms with Gasteiger partial charge in [-0.2, -0.15) is 12.6 Å².